The molecule has 0 radical (unpaired) electrons. The second kappa shape index (κ2) is 9.35. The number of amides is 1. The number of carbonyl (C=O) groups is 1. The largest absolute Gasteiger partial charge is 0.497 e. The summed E-state index contributed by atoms with van der Waals surface area (Å²) in [5.41, 5.74) is 2.00. The molecule has 160 valence electrons. The first-order valence-electron chi connectivity index (χ1n) is 8.84. The van der Waals surface area contributed by atoms with Crippen LogP contribution in [0, 0.1) is 11.6 Å². The summed E-state index contributed by atoms with van der Waals surface area (Å²) < 4.78 is 59.8. The van der Waals surface area contributed by atoms with Gasteiger partial charge < -0.3 is 4.74 Å². The van der Waals surface area contributed by atoms with E-state index in [-0.39, 0.29) is 10.5 Å². The molecule has 0 bridgehead atoms. The lowest BCUT2D eigenvalue weighted by molar-refractivity contribution is 0.0955. The summed E-state index contributed by atoms with van der Waals surface area (Å²) in [7, 11) is -2.48. The number of halogens is 2. The smallest absolute Gasteiger partial charge is 0.271 e. The number of hydrogen-bond acceptors (Lipinski definition) is 5. The van der Waals surface area contributed by atoms with E-state index in [1.165, 1.54) is 43.5 Å². The summed E-state index contributed by atoms with van der Waals surface area (Å²) in [6.07, 6.45) is 0.828. The van der Waals surface area contributed by atoms with Gasteiger partial charge in [-0.05, 0) is 54.6 Å². The highest BCUT2D eigenvalue weighted by atomic mass is 32.2. The van der Waals surface area contributed by atoms with Crippen molar-refractivity contribution < 1.29 is 26.7 Å². The Balaban J connectivity index is 1.73. The van der Waals surface area contributed by atoms with Crippen LogP contribution in [0.25, 0.3) is 0 Å². The summed E-state index contributed by atoms with van der Waals surface area (Å²) in [4.78, 5) is 12.1. The van der Waals surface area contributed by atoms with Crippen molar-refractivity contribution >= 4 is 27.8 Å². The minimum Gasteiger partial charge on any atom is -0.497 e. The monoisotopic (exact) mass is 445 g/mol. The Morgan fingerprint density at radius 3 is 2.29 bits per heavy atom. The van der Waals surface area contributed by atoms with Crippen molar-refractivity contribution in [2.75, 3.05) is 11.8 Å². The van der Waals surface area contributed by atoms with Gasteiger partial charge >= 0.3 is 0 Å². The highest BCUT2D eigenvalue weighted by Crippen LogP contribution is 2.20. The number of carbonyl (C=O) groups excluding carboxylic acids is 1. The first-order chi connectivity index (χ1) is 14.8. The molecule has 0 spiro atoms. The zero-order valence-corrected chi connectivity index (χ0v) is 17.0. The van der Waals surface area contributed by atoms with Gasteiger partial charge in [-0.15, -0.1) is 0 Å². The highest BCUT2D eigenvalue weighted by Gasteiger charge is 2.16. The van der Waals surface area contributed by atoms with Gasteiger partial charge in [0.05, 0.1) is 23.8 Å². The van der Waals surface area contributed by atoms with Gasteiger partial charge in [0, 0.05) is 11.3 Å². The van der Waals surface area contributed by atoms with Crippen LogP contribution in [-0.4, -0.2) is 27.6 Å². The fourth-order valence-electron chi connectivity index (χ4n) is 2.53. The van der Waals surface area contributed by atoms with E-state index in [2.05, 4.69) is 15.2 Å². The third-order valence-corrected chi connectivity index (χ3v) is 5.49. The summed E-state index contributed by atoms with van der Waals surface area (Å²) in [5.74, 6) is -1.86. The molecule has 0 saturated carbocycles. The maximum Gasteiger partial charge on any atom is 0.271 e. The van der Waals surface area contributed by atoms with Gasteiger partial charge in [0.1, 0.15) is 17.4 Å². The maximum atomic E-state index is 13.6. The highest BCUT2D eigenvalue weighted by molar-refractivity contribution is 7.92. The maximum absolute atomic E-state index is 13.6. The molecule has 31 heavy (non-hydrogen) atoms. The van der Waals surface area contributed by atoms with Gasteiger partial charge in [-0.25, -0.2) is 22.6 Å². The predicted octanol–water partition coefficient (Wildman–Crippen LogP) is 3.54. The zero-order chi connectivity index (χ0) is 22.4. The van der Waals surface area contributed by atoms with Crippen LogP contribution >= 0.6 is 0 Å². The Labute approximate surface area is 177 Å². The van der Waals surface area contributed by atoms with Crippen LogP contribution in [0.1, 0.15) is 15.9 Å². The molecular weight excluding hydrogens is 428 g/mol. The van der Waals surface area contributed by atoms with Gasteiger partial charge in [0.25, 0.3) is 15.9 Å². The number of methoxy groups -OCH3 is 1. The van der Waals surface area contributed by atoms with Crippen molar-refractivity contribution in [1.82, 2.24) is 5.43 Å². The summed E-state index contributed by atoms with van der Waals surface area (Å²) in [5, 5.41) is 3.53. The summed E-state index contributed by atoms with van der Waals surface area (Å²) in [6.45, 7) is 0. The molecule has 2 N–H and O–H groups in total. The number of sulfonamides is 1. The molecule has 10 heteroatoms. The van der Waals surface area contributed by atoms with Crippen LogP contribution in [0.15, 0.2) is 76.7 Å². The fraction of sp³-hybridized carbons (Fsp3) is 0.0476. The third kappa shape index (κ3) is 5.43. The Morgan fingerprint density at radius 1 is 1.00 bits per heavy atom. The van der Waals surface area contributed by atoms with E-state index in [9.17, 15) is 22.0 Å². The van der Waals surface area contributed by atoms with E-state index in [1.54, 1.807) is 12.1 Å². The molecule has 0 aromatic heterocycles. The van der Waals surface area contributed by atoms with Crippen LogP contribution in [-0.2, 0) is 10.0 Å². The van der Waals surface area contributed by atoms with E-state index >= 15 is 0 Å². The number of hydrogen-bond donors (Lipinski definition) is 2. The molecule has 0 fully saturated rings. The lowest BCUT2D eigenvalue weighted by atomic mass is 10.2. The fourth-order valence-corrected chi connectivity index (χ4v) is 3.64. The summed E-state index contributed by atoms with van der Waals surface area (Å²) in [6, 6.07) is 14.8. The van der Waals surface area contributed by atoms with Crippen LogP contribution < -0.4 is 14.9 Å². The second-order valence-corrected chi connectivity index (χ2v) is 7.88. The molecule has 1 amide bonds. The number of anilines is 1. The van der Waals surface area contributed by atoms with Crippen molar-refractivity contribution in [3.05, 3.63) is 89.5 Å². The molecule has 3 aromatic carbocycles. The number of ether oxygens (including phenoxy) is 1. The number of hydrazone groups is 1. The quantitative estimate of drug-likeness (QED) is 0.430. The molecule has 7 nitrogen and oxygen atoms in total. The summed E-state index contributed by atoms with van der Waals surface area (Å²) >= 11 is 0. The average molecular weight is 445 g/mol. The van der Waals surface area contributed by atoms with Crippen LogP contribution in [0.4, 0.5) is 14.5 Å². The molecule has 0 saturated heterocycles. The van der Waals surface area contributed by atoms with E-state index < -0.39 is 33.1 Å². The van der Waals surface area contributed by atoms with Gasteiger partial charge in [-0.1, -0.05) is 12.1 Å². The van der Waals surface area contributed by atoms with Crippen LogP contribution in [0.5, 0.6) is 5.75 Å². The van der Waals surface area contributed by atoms with Crippen molar-refractivity contribution in [2.24, 2.45) is 5.10 Å². The molecule has 3 rings (SSSR count). The van der Waals surface area contributed by atoms with Gasteiger partial charge in [-0.2, -0.15) is 5.10 Å². The standard InChI is InChI=1S/C21H17F2N3O4S/c1-30-16-10-8-15(9-11-16)26-31(28,29)17-5-2-4-14(12-17)21(27)25-24-13-18-19(22)6-3-7-20(18)23/h2-13,26H,1H3,(H,25,27)/b24-13+. The number of nitrogens with zero attached hydrogens (tertiary/aromatic N) is 1. The molecule has 0 atom stereocenters. The van der Waals surface area contributed by atoms with Crippen LogP contribution in [0.3, 0.4) is 0 Å². The first-order valence-corrected chi connectivity index (χ1v) is 10.3. The Hall–Kier alpha value is -3.79. The normalized spacial score (nSPS) is 11.3. The number of benzene rings is 3. The average Bonchev–Trinajstić information content (AvgIpc) is 2.76. The van der Waals surface area contributed by atoms with Crippen LogP contribution in [0.2, 0.25) is 0 Å². The number of nitrogens with one attached hydrogen (secondary N) is 2. The molecular formula is C21H17F2N3O4S. The second-order valence-electron chi connectivity index (χ2n) is 6.20. The molecule has 0 aliphatic rings. The molecule has 0 heterocycles. The van der Waals surface area contributed by atoms with Crippen molar-refractivity contribution in [1.29, 1.82) is 0 Å². The van der Waals surface area contributed by atoms with Crippen molar-refractivity contribution in [3.8, 4) is 5.75 Å². The van der Waals surface area contributed by atoms with E-state index in [0.717, 1.165) is 24.4 Å². The number of rotatable bonds is 7. The third-order valence-electron chi connectivity index (χ3n) is 4.11. The topological polar surface area (TPSA) is 96.9 Å². The minimum absolute atomic E-state index is 0.0104. The van der Waals surface area contributed by atoms with Crippen molar-refractivity contribution in [3.63, 3.8) is 0 Å². The Morgan fingerprint density at radius 2 is 1.65 bits per heavy atom. The zero-order valence-electron chi connectivity index (χ0n) is 16.2. The first kappa shape index (κ1) is 21.9. The Kier molecular flexibility index (Phi) is 6.61. The van der Waals surface area contributed by atoms with E-state index in [0.29, 0.717) is 11.4 Å². The van der Waals surface area contributed by atoms with Gasteiger partial charge in [-0.3, -0.25) is 9.52 Å². The molecule has 0 aliphatic heterocycles. The Bertz CT molecular complexity index is 1210. The van der Waals surface area contributed by atoms with Crippen molar-refractivity contribution in [2.45, 2.75) is 4.90 Å². The SMILES string of the molecule is COc1ccc(NS(=O)(=O)c2cccc(C(=O)N/N=C/c3c(F)cccc3F)c2)cc1. The molecule has 0 unspecified atom stereocenters. The minimum atomic E-state index is -3.97. The molecule has 0 aliphatic carbocycles. The van der Waals surface area contributed by atoms with E-state index in [4.69, 9.17) is 4.74 Å². The van der Waals surface area contributed by atoms with E-state index in [1.807, 2.05) is 0 Å². The van der Waals surface area contributed by atoms with Gasteiger partial charge in [0.15, 0.2) is 0 Å². The molecule has 3 aromatic rings. The van der Waals surface area contributed by atoms with Gasteiger partial charge in [0.2, 0.25) is 0 Å². The lowest BCUT2D eigenvalue weighted by Crippen LogP contribution is -2.19. The predicted molar refractivity (Wildman–Crippen MR) is 112 cm³/mol. The lowest BCUT2D eigenvalue weighted by Gasteiger charge is -2.10.